The van der Waals surface area contributed by atoms with Gasteiger partial charge in [0.25, 0.3) is 0 Å². The molecule has 126 valence electrons. The van der Waals surface area contributed by atoms with E-state index in [-0.39, 0.29) is 11.5 Å². The van der Waals surface area contributed by atoms with Crippen LogP contribution in [0.15, 0.2) is 78.9 Å². The van der Waals surface area contributed by atoms with Crippen LogP contribution in [-0.4, -0.2) is 16.4 Å². The zero-order valence-corrected chi connectivity index (χ0v) is 13.7. The fourth-order valence-corrected chi connectivity index (χ4v) is 3.02. The maximum Gasteiger partial charge on any atom is 0.511 e. The van der Waals surface area contributed by atoms with E-state index in [4.69, 9.17) is 9.84 Å². The van der Waals surface area contributed by atoms with Crippen LogP contribution in [0.4, 0.5) is 4.79 Å². The number of phenols is 1. The van der Waals surface area contributed by atoms with Gasteiger partial charge in [-0.05, 0) is 47.9 Å². The molecule has 0 aliphatic carbocycles. The number of phenolic OH excluding ortho intramolecular Hbond substituents is 1. The Morgan fingerprint density at radius 2 is 1.28 bits per heavy atom. The minimum absolute atomic E-state index is 0.212. The van der Waals surface area contributed by atoms with Gasteiger partial charge < -0.3 is 14.9 Å². The molecule has 4 nitrogen and oxygen atoms in total. The molecule has 0 fully saturated rings. The lowest BCUT2D eigenvalue weighted by atomic mass is 9.71. The fraction of sp³-hybridized carbons (Fsp3) is 0.0952. The van der Waals surface area contributed by atoms with E-state index in [1.165, 1.54) is 0 Å². The standard InChI is InChI=1S/C21H18O4/c1-21(15-5-3-2-4-6-15,16-7-11-18(22)12-8-16)17-9-13-19(14-10-17)25-20(23)24/h2-14,22H,1H3,(H,23,24). The van der Waals surface area contributed by atoms with Gasteiger partial charge in [0.15, 0.2) is 0 Å². The predicted molar refractivity (Wildman–Crippen MR) is 95.2 cm³/mol. The van der Waals surface area contributed by atoms with E-state index in [2.05, 4.69) is 19.1 Å². The Bertz CT molecular complexity index is 855. The number of hydrogen-bond acceptors (Lipinski definition) is 3. The number of carboxylic acid groups (broad SMARTS) is 1. The quantitative estimate of drug-likeness (QED) is 0.408. The van der Waals surface area contributed by atoms with Crippen LogP contribution in [-0.2, 0) is 5.41 Å². The Labute approximate surface area is 146 Å². The van der Waals surface area contributed by atoms with Gasteiger partial charge in [0, 0.05) is 5.41 Å². The number of carbonyl (C=O) groups is 1. The van der Waals surface area contributed by atoms with Crippen LogP contribution in [0.5, 0.6) is 11.5 Å². The Morgan fingerprint density at radius 3 is 1.80 bits per heavy atom. The third kappa shape index (κ3) is 3.33. The van der Waals surface area contributed by atoms with E-state index in [1.807, 2.05) is 42.5 Å². The molecule has 1 atom stereocenters. The third-order valence-corrected chi connectivity index (χ3v) is 4.43. The SMILES string of the molecule is CC(c1ccccc1)(c1ccc(O)cc1)c1ccc(OC(=O)O)cc1. The summed E-state index contributed by atoms with van der Waals surface area (Å²) in [7, 11) is 0. The average Bonchev–Trinajstić information content (AvgIpc) is 2.62. The van der Waals surface area contributed by atoms with Crippen LogP contribution >= 0.6 is 0 Å². The van der Waals surface area contributed by atoms with Crippen molar-refractivity contribution in [1.82, 2.24) is 0 Å². The van der Waals surface area contributed by atoms with E-state index in [0.717, 1.165) is 16.7 Å². The predicted octanol–water partition coefficient (Wildman–Crippen LogP) is 4.80. The second-order valence-electron chi connectivity index (χ2n) is 5.93. The average molecular weight is 334 g/mol. The maximum atomic E-state index is 10.7. The van der Waals surface area contributed by atoms with Crippen molar-refractivity contribution in [3.8, 4) is 11.5 Å². The molecule has 4 heteroatoms. The van der Waals surface area contributed by atoms with Gasteiger partial charge in [-0.2, -0.15) is 0 Å². The minimum atomic E-state index is -1.34. The first-order valence-electron chi connectivity index (χ1n) is 7.86. The summed E-state index contributed by atoms with van der Waals surface area (Å²) in [4.78, 5) is 10.7. The monoisotopic (exact) mass is 334 g/mol. The van der Waals surface area contributed by atoms with Crippen molar-refractivity contribution in [1.29, 1.82) is 0 Å². The third-order valence-electron chi connectivity index (χ3n) is 4.43. The van der Waals surface area contributed by atoms with Crippen LogP contribution < -0.4 is 4.74 Å². The van der Waals surface area contributed by atoms with Crippen molar-refractivity contribution in [3.05, 3.63) is 95.6 Å². The molecule has 0 amide bonds. The topological polar surface area (TPSA) is 66.8 Å². The van der Waals surface area contributed by atoms with Gasteiger partial charge in [0.1, 0.15) is 11.5 Å². The molecule has 0 aliphatic rings. The molecule has 1 unspecified atom stereocenters. The minimum Gasteiger partial charge on any atom is -0.508 e. The molecule has 0 bridgehead atoms. The highest BCUT2D eigenvalue weighted by atomic mass is 16.7. The summed E-state index contributed by atoms with van der Waals surface area (Å²) in [5.74, 6) is 0.488. The Kier molecular flexibility index (Phi) is 4.44. The molecule has 0 saturated heterocycles. The number of rotatable bonds is 4. The second-order valence-corrected chi connectivity index (χ2v) is 5.93. The maximum absolute atomic E-state index is 10.7. The molecule has 2 N–H and O–H groups in total. The van der Waals surface area contributed by atoms with Crippen molar-refractivity contribution in [2.75, 3.05) is 0 Å². The van der Waals surface area contributed by atoms with Crippen molar-refractivity contribution in [2.45, 2.75) is 12.3 Å². The van der Waals surface area contributed by atoms with E-state index < -0.39 is 11.6 Å². The van der Waals surface area contributed by atoms with Crippen LogP contribution in [0.3, 0.4) is 0 Å². The zero-order chi connectivity index (χ0) is 17.9. The smallest absolute Gasteiger partial charge is 0.508 e. The molecule has 0 aliphatic heterocycles. The molecule has 0 saturated carbocycles. The van der Waals surface area contributed by atoms with Gasteiger partial charge in [0.05, 0.1) is 0 Å². The van der Waals surface area contributed by atoms with Gasteiger partial charge in [-0.25, -0.2) is 4.79 Å². The zero-order valence-electron chi connectivity index (χ0n) is 13.7. The highest BCUT2D eigenvalue weighted by Crippen LogP contribution is 2.39. The summed E-state index contributed by atoms with van der Waals surface area (Å²) in [6, 6.07) is 24.1. The summed E-state index contributed by atoms with van der Waals surface area (Å²) < 4.78 is 4.69. The van der Waals surface area contributed by atoms with Crippen LogP contribution in [0.25, 0.3) is 0 Å². The van der Waals surface area contributed by atoms with Gasteiger partial charge >= 0.3 is 6.16 Å². The summed E-state index contributed by atoms with van der Waals surface area (Å²) in [5.41, 5.74) is 2.63. The van der Waals surface area contributed by atoms with Gasteiger partial charge in [0.2, 0.25) is 0 Å². The molecular formula is C21H18O4. The summed E-state index contributed by atoms with van der Waals surface area (Å²) in [5, 5.41) is 18.3. The van der Waals surface area contributed by atoms with Crippen molar-refractivity contribution in [3.63, 3.8) is 0 Å². The van der Waals surface area contributed by atoms with Gasteiger partial charge in [-0.3, -0.25) is 0 Å². The lowest BCUT2D eigenvalue weighted by Gasteiger charge is -2.32. The Balaban J connectivity index is 2.11. The Hall–Kier alpha value is -3.27. The molecule has 3 aromatic carbocycles. The number of aromatic hydroxyl groups is 1. The van der Waals surface area contributed by atoms with Gasteiger partial charge in [-0.15, -0.1) is 0 Å². The van der Waals surface area contributed by atoms with E-state index in [1.54, 1.807) is 24.3 Å². The number of ether oxygens (including phenoxy) is 1. The molecule has 25 heavy (non-hydrogen) atoms. The van der Waals surface area contributed by atoms with Crippen molar-refractivity contribution >= 4 is 6.16 Å². The number of benzene rings is 3. The molecule has 3 aromatic rings. The molecule has 0 spiro atoms. The molecule has 0 aromatic heterocycles. The first-order valence-corrected chi connectivity index (χ1v) is 7.86. The summed E-state index contributed by atoms with van der Waals surface area (Å²) >= 11 is 0. The van der Waals surface area contributed by atoms with E-state index in [0.29, 0.717) is 0 Å². The van der Waals surface area contributed by atoms with Crippen LogP contribution in [0.1, 0.15) is 23.6 Å². The fourth-order valence-electron chi connectivity index (χ4n) is 3.02. The second kappa shape index (κ2) is 6.69. The van der Waals surface area contributed by atoms with Crippen LogP contribution in [0, 0.1) is 0 Å². The highest BCUT2D eigenvalue weighted by Gasteiger charge is 2.31. The first kappa shape index (κ1) is 16.6. The van der Waals surface area contributed by atoms with Gasteiger partial charge in [-0.1, -0.05) is 54.6 Å². The lowest BCUT2D eigenvalue weighted by molar-refractivity contribution is 0.144. The summed E-state index contributed by atoms with van der Waals surface area (Å²) in [6.45, 7) is 2.10. The normalized spacial score (nSPS) is 13.0. The van der Waals surface area contributed by atoms with Crippen molar-refractivity contribution in [2.24, 2.45) is 0 Å². The molecule has 0 radical (unpaired) electrons. The summed E-state index contributed by atoms with van der Waals surface area (Å²) in [6.07, 6.45) is -1.34. The molecular weight excluding hydrogens is 316 g/mol. The van der Waals surface area contributed by atoms with Crippen molar-refractivity contribution < 1.29 is 19.7 Å². The largest absolute Gasteiger partial charge is 0.511 e. The van der Waals surface area contributed by atoms with E-state index >= 15 is 0 Å². The van der Waals surface area contributed by atoms with E-state index in [9.17, 15) is 9.90 Å². The number of hydrogen-bond donors (Lipinski definition) is 2. The first-order chi connectivity index (χ1) is 12.0. The molecule has 0 heterocycles. The van der Waals surface area contributed by atoms with Crippen LogP contribution in [0.2, 0.25) is 0 Å². The lowest BCUT2D eigenvalue weighted by Crippen LogP contribution is -2.25. The highest BCUT2D eigenvalue weighted by molar-refractivity contribution is 5.61. The Morgan fingerprint density at radius 1 is 0.800 bits per heavy atom. The molecule has 3 rings (SSSR count).